The van der Waals surface area contributed by atoms with Crippen molar-refractivity contribution in [2.45, 2.75) is 6.92 Å². The molecule has 8 heteroatoms. The maximum absolute atomic E-state index is 13.2. The SMILES string of the molecule is COc1cc(C(=O)Nc2ccc(F)cc2C)ccc1OCC(=O)N1CCOCC1. The average Bonchev–Trinajstić information content (AvgIpc) is 2.74. The topological polar surface area (TPSA) is 77.1 Å². The molecule has 1 saturated heterocycles. The van der Waals surface area contributed by atoms with Crippen LogP contribution in [0.25, 0.3) is 0 Å². The Morgan fingerprint density at radius 1 is 1.14 bits per heavy atom. The van der Waals surface area contributed by atoms with Gasteiger partial charge in [0.05, 0.1) is 20.3 Å². The summed E-state index contributed by atoms with van der Waals surface area (Å²) < 4.78 is 29.4. The fourth-order valence-corrected chi connectivity index (χ4v) is 2.93. The van der Waals surface area contributed by atoms with Gasteiger partial charge >= 0.3 is 0 Å². The van der Waals surface area contributed by atoms with E-state index in [-0.39, 0.29) is 24.2 Å². The number of methoxy groups -OCH3 is 1. The van der Waals surface area contributed by atoms with Crippen LogP contribution in [0.4, 0.5) is 10.1 Å². The van der Waals surface area contributed by atoms with Crippen LogP contribution in [0.5, 0.6) is 11.5 Å². The minimum Gasteiger partial charge on any atom is -0.493 e. The summed E-state index contributed by atoms with van der Waals surface area (Å²) >= 11 is 0. The number of morpholine rings is 1. The van der Waals surface area contributed by atoms with Crippen LogP contribution in [-0.2, 0) is 9.53 Å². The van der Waals surface area contributed by atoms with E-state index in [0.29, 0.717) is 54.6 Å². The van der Waals surface area contributed by atoms with Gasteiger partial charge in [-0.05, 0) is 48.9 Å². The predicted octanol–water partition coefficient (Wildman–Crippen LogP) is 2.63. The molecule has 0 bridgehead atoms. The fourth-order valence-electron chi connectivity index (χ4n) is 2.93. The summed E-state index contributed by atoms with van der Waals surface area (Å²) in [6, 6.07) is 8.82. The molecule has 154 valence electrons. The number of carbonyl (C=O) groups is 2. The normalized spacial score (nSPS) is 13.7. The molecule has 1 fully saturated rings. The summed E-state index contributed by atoms with van der Waals surface area (Å²) in [6.07, 6.45) is 0. The smallest absolute Gasteiger partial charge is 0.260 e. The molecule has 0 unspecified atom stereocenters. The molecule has 1 heterocycles. The van der Waals surface area contributed by atoms with Gasteiger partial charge in [0.15, 0.2) is 18.1 Å². The maximum Gasteiger partial charge on any atom is 0.260 e. The fraction of sp³-hybridized carbons (Fsp3) is 0.333. The molecule has 0 aromatic heterocycles. The van der Waals surface area contributed by atoms with Crippen LogP contribution in [0.3, 0.4) is 0 Å². The highest BCUT2D eigenvalue weighted by Crippen LogP contribution is 2.29. The molecule has 0 radical (unpaired) electrons. The second-order valence-corrected chi connectivity index (χ2v) is 6.56. The Balaban J connectivity index is 1.66. The molecule has 2 aromatic rings. The van der Waals surface area contributed by atoms with E-state index in [0.717, 1.165) is 0 Å². The van der Waals surface area contributed by atoms with Crippen LogP contribution < -0.4 is 14.8 Å². The third-order valence-electron chi connectivity index (χ3n) is 4.58. The van der Waals surface area contributed by atoms with Gasteiger partial charge in [0.25, 0.3) is 11.8 Å². The molecule has 1 aliphatic heterocycles. The van der Waals surface area contributed by atoms with Crippen LogP contribution in [-0.4, -0.2) is 56.7 Å². The zero-order valence-electron chi connectivity index (χ0n) is 16.4. The Morgan fingerprint density at radius 3 is 2.59 bits per heavy atom. The highest BCUT2D eigenvalue weighted by Gasteiger charge is 2.18. The monoisotopic (exact) mass is 402 g/mol. The summed E-state index contributed by atoms with van der Waals surface area (Å²) in [5, 5.41) is 2.74. The molecule has 1 N–H and O–H groups in total. The first kappa shape index (κ1) is 20.6. The molecule has 2 aromatic carbocycles. The molecule has 0 aliphatic carbocycles. The van der Waals surface area contributed by atoms with Gasteiger partial charge in [-0.3, -0.25) is 9.59 Å². The average molecular weight is 402 g/mol. The van der Waals surface area contributed by atoms with Gasteiger partial charge in [-0.15, -0.1) is 0 Å². The molecule has 0 atom stereocenters. The largest absolute Gasteiger partial charge is 0.493 e. The van der Waals surface area contributed by atoms with E-state index < -0.39 is 0 Å². The van der Waals surface area contributed by atoms with Gasteiger partial charge in [0.2, 0.25) is 0 Å². The van der Waals surface area contributed by atoms with E-state index >= 15 is 0 Å². The first-order valence-corrected chi connectivity index (χ1v) is 9.22. The highest BCUT2D eigenvalue weighted by atomic mass is 19.1. The van der Waals surface area contributed by atoms with E-state index in [2.05, 4.69) is 5.32 Å². The summed E-state index contributed by atoms with van der Waals surface area (Å²) in [5.74, 6) is -0.167. The number of rotatable bonds is 6. The van der Waals surface area contributed by atoms with Crippen LogP contribution in [0.2, 0.25) is 0 Å². The molecule has 2 amide bonds. The number of hydrogen-bond donors (Lipinski definition) is 1. The number of amides is 2. The molecule has 0 spiro atoms. The lowest BCUT2D eigenvalue weighted by atomic mass is 10.1. The number of aryl methyl sites for hydroxylation is 1. The van der Waals surface area contributed by atoms with Crippen molar-refractivity contribution in [2.24, 2.45) is 0 Å². The van der Waals surface area contributed by atoms with E-state index in [1.807, 2.05) is 0 Å². The first-order valence-electron chi connectivity index (χ1n) is 9.22. The second-order valence-electron chi connectivity index (χ2n) is 6.56. The number of carbonyl (C=O) groups excluding carboxylic acids is 2. The standard InChI is InChI=1S/C21H23FN2O5/c1-14-11-16(22)4-5-17(14)23-21(26)15-3-6-18(19(12-15)27-2)29-13-20(25)24-7-9-28-10-8-24/h3-6,11-12H,7-10,13H2,1-2H3,(H,23,26). The van der Waals surface area contributed by atoms with Crippen molar-refractivity contribution >= 4 is 17.5 Å². The van der Waals surface area contributed by atoms with Crippen LogP contribution in [0, 0.1) is 12.7 Å². The van der Waals surface area contributed by atoms with E-state index in [4.69, 9.17) is 14.2 Å². The summed E-state index contributed by atoms with van der Waals surface area (Å²) in [6.45, 7) is 3.71. The maximum atomic E-state index is 13.2. The molecule has 3 rings (SSSR count). The minimum absolute atomic E-state index is 0.128. The van der Waals surface area contributed by atoms with E-state index in [9.17, 15) is 14.0 Å². The molecular formula is C21H23FN2O5. The Kier molecular flexibility index (Phi) is 6.66. The van der Waals surface area contributed by atoms with Crippen LogP contribution in [0.15, 0.2) is 36.4 Å². The number of nitrogens with one attached hydrogen (secondary N) is 1. The van der Waals surface area contributed by atoms with E-state index in [1.54, 1.807) is 24.0 Å². The summed E-state index contributed by atoms with van der Waals surface area (Å²) in [4.78, 5) is 26.4. The highest BCUT2D eigenvalue weighted by molar-refractivity contribution is 6.05. The van der Waals surface area contributed by atoms with Gasteiger partial charge in [-0.2, -0.15) is 0 Å². The van der Waals surface area contributed by atoms with Crippen molar-refractivity contribution in [2.75, 3.05) is 45.3 Å². The Hall–Kier alpha value is -3.13. The summed E-state index contributed by atoms with van der Waals surface area (Å²) in [5.41, 5.74) is 1.48. The van der Waals surface area contributed by atoms with Crippen molar-refractivity contribution in [3.05, 3.63) is 53.3 Å². The Morgan fingerprint density at radius 2 is 1.90 bits per heavy atom. The van der Waals surface area contributed by atoms with Gasteiger partial charge in [-0.1, -0.05) is 0 Å². The molecule has 1 aliphatic rings. The van der Waals surface area contributed by atoms with Crippen molar-refractivity contribution in [1.82, 2.24) is 4.90 Å². The molecule has 0 saturated carbocycles. The first-order chi connectivity index (χ1) is 14.0. The zero-order chi connectivity index (χ0) is 20.8. The van der Waals surface area contributed by atoms with Crippen LogP contribution >= 0.6 is 0 Å². The number of anilines is 1. The summed E-state index contributed by atoms with van der Waals surface area (Å²) in [7, 11) is 1.46. The van der Waals surface area contributed by atoms with Crippen molar-refractivity contribution in [1.29, 1.82) is 0 Å². The predicted molar refractivity (Wildman–Crippen MR) is 105 cm³/mol. The Bertz CT molecular complexity index is 897. The van der Waals surface area contributed by atoms with Crippen molar-refractivity contribution in [3.8, 4) is 11.5 Å². The third-order valence-corrected chi connectivity index (χ3v) is 4.58. The molecular weight excluding hydrogens is 379 g/mol. The Labute approximate surface area is 168 Å². The number of nitrogens with zero attached hydrogens (tertiary/aromatic N) is 1. The quantitative estimate of drug-likeness (QED) is 0.804. The lowest BCUT2D eigenvalue weighted by molar-refractivity contribution is -0.137. The number of halogens is 1. The number of hydrogen-bond acceptors (Lipinski definition) is 5. The number of benzene rings is 2. The van der Waals surface area contributed by atoms with Crippen molar-refractivity contribution < 1.29 is 28.2 Å². The van der Waals surface area contributed by atoms with Crippen LogP contribution in [0.1, 0.15) is 15.9 Å². The minimum atomic E-state index is -0.367. The molecule has 29 heavy (non-hydrogen) atoms. The van der Waals surface area contributed by atoms with Gasteiger partial charge < -0.3 is 24.4 Å². The van der Waals surface area contributed by atoms with Gasteiger partial charge in [0, 0.05) is 24.3 Å². The van der Waals surface area contributed by atoms with Crippen molar-refractivity contribution in [3.63, 3.8) is 0 Å². The lowest BCUT2D eigenvalue weighted by Gasteiger charge is -2.26. The number of ether oxygens (including phenoxy) is 3. The third kappa shape index (κ3) is 5.23. The zero-order valence-corrected chi connectivity index (χ0v) is 16.4. The second kappa shape index (κ2) is 9.38. The van der Waals surface area contributed by atoms with Gasteiger partial charge in [0.1, 0.15) is 5.82 Å². The van der Waals surface area contributed by atoms with E-state index in [1.165, 1.54) is 31.4 Å². The van der Waals surface area contributed by atoms with Gasteiger partial charge in [-0.25, -0.2) is 4.39 Å². The molecule has 7 nitrogen and oxygen atoms in total. The lowest BCUT2D eigenvalue weighted by Crippen LogP contribution is -2.43.